The summed E-state index contributed by atoms with van der Waals surface area (Å²) in [7, 11) is -3.50. The first-order valence-electron chi connectivity index (χ1n) is 6.78. The van der Waals surface area contributed by atoms with E-state index in [9.17, 15) is 8.42 Å². The SMILES string of the molecule is CCNCc1cn[nH]c1S(=O)(=O)NC(C)CC1CC1. The molecule has 2 rings (SSSR count). The van der Waals surface area contributed by atoms with Crippen molar-refractivity contribution in [3.8, 4) is 0 Å². The van der Waals surface area contributed by atoms with Crippen LogP contribution in [0.5, 0.6) is 0 Å². The van der Waals surface area contributed by atoms with Crippen LogP contribution in [0.3, 0.4) is 0 Å². The lowest BCUT2D eigenvalue weighted by Crippen LogP contribution is -2.34. The minimum Gasteiger partial charge on any atom is -0.313 e. The lowest BCUT2D eigenvalue weighted by atomic mass is 10.2. The van der Waals surface area contributed by atoms with Gasteiger partial charge >= 0.3 is 0 Å². The summed E-state index contributed by atoms with van der Waals surface area (Å²) in [6, 6.07) is -0.0345. The number of nitrogens with zero attached hydrogens (tertiary/aromatic N) is 1. The average Bonchev–Trinajstić information content (AvgIpc) is 3.00. The quantitative estimate of drug-likeness (QED) is 0.665. The molecule has 0 saturated heterocycles. The van der Waals surface area contributed by atoms with Crippen LogP contribution in [0.25, 0.3) is 0 Å². The number of sulfonamides is 1. The molecule has 6 nitrogen and oxygen atoms in total. The maximum Gasteiger partial charge on any atom is 0.258 e. The van der Waals surface area contributed by atoms with Crippen molar-refractivity contribution in [1.82, 2.24) is 20.2 Å². The molecule has 7 heteroatoms. The van der Waals surface area contributed by atoms with Crippen LogP contribution in [-0.2, 0) is 16.6 Å². The normalized spacial score (nSPS) is 17.6. The summed E-state index contributed by atoms with van der Waals surface area (Å²) in [5.41, 5.74) is 0.674. The number of aromatic nitrogens is 2. The van der Waals surface area contributed by atoms with Crippen LogP contribution < -0.4 is 10.0 Å². The predicted molar refractivity (Wildman–Crippen MR) is 73.1 cm³/mol. The zero-order valence-corrected chi connectivity index (χ0v) is 12.3. The largest absolute Gasteiger partial charge is 0.313 e. The molecule has 1 aliphatic rings. The summed E-state index contributed by atoms with van der Waals surface area (Å²) in [5.74, 6) is 0.695. The Hall–Kier alpha value is -0.920. The second-order valence-corrected chi connectivity index (χ2v) is 6.86. The fraction of sp³-hybridized carbons (Fsp3) is 0.750. The number of hydrogen-bond acceptors (Lipinski definition) is 4. The Bertz CT molecular complexity index is 508. The molecule has 1 unspecified atom stereocenters. The van der Waals surface area contributed by atoms with Crippen molar-refractivity contribution >= 4 is 10.0 Å². The molecule has 19 heavy (non-hydrogen) atoms. The van der Waals surface area contributed by atoms with Gasteiger partial charge in [0.15, 0.2) is 5.03 Å². The fourth-order valence-electron chi connectivity index (χ4n) is 2.14. The van der Waals surface area contributed by atoms with Crippen LogP contribution in [0.2, 0.25) is 0 Å². The Morgan fingerprint density at radius 1 is 1.53 bits per heavy atom. The minimum atomic E-state index is -3.50. The van der Waals surface area contributed by atoms with E-state index in [1.165, 1.54) is 12.8 Å². The van der Waals surface area contributed by atoms with E-state index >= 15 is 0 Å². The van der Waals surface area contributed by atoms with Gasteiger partial charge in [-0.3, -0.25) is 5.10 Å². The first kappa shape index (κ1) is 14.5. The maximum absolute atomic E-state index is 12.3. The number of aromatic amines is 1. The lowest BCUT2D eigenvalue weighted by molar-refractivity contribution is 0.526. The molecule has 0 amide bonds. The van der Waals surface area contributed by atoms with E-state index in [1.807, 2.05) is 13.8 Å². The topological polar surface area (TPSA) is 86.9 Å². The molecule has 1 heterocycles. The molecule has 1 aromatic heterocycles. The van der Waals surface area contributed by atoms with Crippen LogP contribution in [0.4, 0.5) is 0 Å². The maximum atomic E-state index is 12.3. The standard InChI is InChI=1S/C12H22N4O2S/c1-3-13-7-11-8-14-15-12(11)19(17,18)16-9(2)6-10-4-5-10/h8-10,13,16H,3-7H2,1-2H3,(H,14,15). The third-order valence-corrected chi connectivity index (χ3v) is 4.86. The third-order valence-electron chi connectivity index (χ3n) is 3.25. The fourth-order valence-corrected chi connectivity index (χ4v) is 3.53. The molecule has 0 bridgehead atoms. The van der Waals surface area contributed by atoms with Gasteiger partial charge in [-0.25, -0.2) is 13.1 Å². The molecule has 3 N–H and O–H groups in total. The summed E-state index contributed by atoms with van der Waals surface area (Å²) in [4.78, 5) is 0. The second kappa shape index (κ2) is 6.02. The number of hydrogen-bond donors (Lipinski definition) is 3. The molecule has 0 radical (unpaired) electrons. The van der Waals surface area contributed by atoms with E-state index in [0.717, 1.165) is 13.0 Å². The minimum absolute atomic E-state index is 0.0345. The van der Waals surface area contributed by atoms with E-state index in [-0.39, 0.29) is 11.1 Å². The highest BCUT2D eigenvalue weighted by Gasteiger charge is 2.27. The van der Waals surface area contributed by atoms with Crippen molar-refractivity contribution in [1.29, 1.82) is 0 Å². The highest BCUT2D eigenvalue weighted by molar-refractivity contribution is 7.89. The van der Waals surface area contributed by atoms with E-state index in [4.69, 9.17) is 0 Å². The molecule has 1 aliphatic carbocycles. The van der Waals surface area contributed by atoms with E-state index in [1.54, 1.807) is 6.20 Å². The van der Waals surface area contributed by atoms with Crippen molar-refractivity contribution in [2.24, 2.45) is 5.92 Å². The van der Waals surface area contributed by atoms with Gasteiger partial charge in [-0.05, 0) is 25.8 Å². The van der Waals surface area contributed by atoms with Gasteiger partial charge in [0.05, 0.1) is 6.20 Å². The molecule has 0 aromatic carbocycles. The van der Waals surface area contributed by atoms with Crippen LogP contribution in [0.15, 0.2) is 11.2 Å². The Morgan fingerprint density at radius 2 is 2.26 bits per heavy atom. The Balaban J connectivity index is 2.03. The van der Waals surface area contributed by atoms with Crippen LogP contribution >= 0.6 is 0 Å². The number of rotatable bonds is 8. The summed E-state index contributed by atoms with van der Waals surface area (Å²) in [6.45, 7) is 5.18. The second-order valence-electron chi connectivity index (χ2n) is 5.21. The summed E-state index contributed by atoms with van der Waals surface area (Å²) in [5, 5.41) is 9.71. The van der Waals surface area contributed by atoms with Crippen LogP contribution in [-0.4, -0.2) is 31.2 Å². The molecular formula is C12H22N4O2S. The Morgan fingerprint density at radius 3 is 2.89 bits per heavy atom. The van der Waals surface area contributed by atoms with Gasteiger partial charge in [0.2, 0.25) is 0 Å². The zero-order chi connectivity index (χ0) is 13.9. The number of H-pyrrole nitrogens is 1. The average molecular weight is 286 g/mol. The van der Waals surface area contributed by atoms with Gasteiger partial charge in [-0.1, -0.05) is 19.8 Å². The summed E-state index contributed by atoms with van der Waals surface area (Å²) < 4.78 is 27.3. The van der Waals surface area contributed by atoms with Crippen LogP contribution in [0.1, 0.15) is 38.7 Å². The van der Waals surface area contributed by atoms with Crippen molar-refractivity contribution in [2.75, 3.05) is 6.54 Å². The highest BCUT2D eigenvalue weighted by Crippen LogP contribution is 2.33. The van der Waals surface area contributed by atoms with E-state index < -0.39 is 10.0 Å². The first-order valence-corrected chi connectivity index (χ1v) is 8.26. The van der Waals surface area contributed by atoms with E-state index in [2.05, 4.69) is 20.2 Å². The van der Waals surface area contributed by atoms with Crippen molar-refractivity contribution in [3.05, 3.63) is 11.8 Å². The van der Waals surface area contributed by atoms with Crippen molar-refractivity contribution in [3.63, 3.8) is 0 Å². The summed E-state index contributed by atoms with van der Waals surface area (Å²) in [6.07, 6.45) is 4.92. The zero-order valence-electron chi connectivity index (χ0n) is 11.4. The van der Waals surface area contributed by atoms with Crippen molar-refractivity contribution < 1.29 is 8.42 Å². The van der Waals surface area contributed by atoms with Gasteiger partial charge in [0.25, 0.3) is 10.0 Å². The van der Waals surface area contributed by atoms with Crippen molar-refractivity contribution in [2.45, 2.75) is 50.7 Å². The molecule has 1 saturated carbocycles. The Kier molecular flexibility index (Phi) is 4.59. The Labute approximate surface area is 114 Å². The predicted octanol–water partition coefficient (Wildman–Crippen LogP) is 0.986. The molecule has 1 aromatic rings. The lowest BCUT2D eigenvalue weighted by Gasteiger charge is -2.13. The molecule has 108 valence electrons. The molecule has 0 aliphatic heterocycles. The third kappa shape index (κ3) is 4.02. The molecule has 1 fully saturated rings. The molecule has 0 spiro atoms. The smallest absolute Gasteiger partial charge is 0.258 e. The number of nitrogens with one attached hydrogen (secondary N) is 3. The molecular weight excluding hydrogens is 264 g/mol. The van der Waals surface area contributed by atoms with E-state index in [0.29, 0.717) is 18.0 Å². The molecule has 1 atom stereocenters. The van der Waals surface area contributed by atoms with Gasteiger partial charge in [-0.2, -0.15) is 5.10 Å². The van der Waals surface area contributed by atoms with Crippen LogP contribution in [0, 0.1) is 5.92 Å². The highest BCUT2D eigenvalue weighted by atomic mass is 32.2. The van der Waals surface area contributed by atoms with Gasteiger partial charge < -0.3 is 5.32 Å². The summed E-state index contributed by atoms with van der Waals surface area (Å²) >= 11 is 0. The monoisotopic (exact) mass is 286 g/mol. The van der Waals surface area contributed by atoms with Gasteiger partial charge in [0, 0.05) is 18.2 Å². The van der Waals surface area contributed by atoms with Gasteiger partial charge in [-0.15, -0.1) is 0 Å². The first-order chi connectivity index (χ1) is 9.03. The van der Waals surface area contributed by atoms with Gasteiger partial charge in [0.1, 0.15) is 0 Å².